The average molecular weight is 321 g/mol. The smallest absolute Gasteiger partial charge is 0.166 e. The molecule has 1 aromatic carbocycles. The van der Waals surface area contributed by atoms with Gasteiger partial charge in [-0.3, -0.25) is 0 Å². The van der Waals surface area contributed by atoms with Gasteiger partial charge in [-0.15, -0.1) is 11.3 Å². The second kappa shape index (κ2) is 6.67. The van der Waals surface area contributed by atoms with Crippen LogP contribution in [0.3, 0.4) is 0 Å². The number of para-hydroxylation sites is 1. The van der Waals surface area contributed by atoms with Gasteiger partial charge in [0.15, 0.2) is 4.34 Å². The summed E-state index contributed by atoms with van der Waals surface area (Å²) in [5.41, 5.74) is 1.13. The summed E-state index contributed by atoms with van der Waals surface area (Å²) in [5, 5.41) is 0. The van der Waals surface area contributed by atoms with Gasteiger partial charge in [0.1, 0.15) is 0 Å². The number of hydrogen-bond donors (Lipinski definition) is 0. The molecule has 21 heavy (non-hydrogen) atoms. The summed E-state index contributed by atoms with van der Waals surface area (Å²) in [6.45, 7) is 8.19. The fourth-order valence-electron chi connectivity index (χ4n) is 3.56. The van der Waals surface area contributed by atoms with E-state index in [9.17, 15) is 0 Å². The van der Waals surface area contributed by atoms with Gasteiger partial charge in [0, 0.05) is 12.6 Å². The Bertz CT molecular complexity index is 552. The van der Waals surface area contributed by atoms with E-state index in [1.165, 1.54) is 28.3 Å². The molecule has 0 aliphatic heterocycles. The van der Waals surface area contributed by atoms with Crippen molar-refractivity contribution in [2.45, 2.75) is 50.4 Å². The predicted molar refractivity (Wildman–Crippen MR) is 93.8 cm³/mol. The Morgan fingerprint density at radius 2 is 1.95 bits per heavy atom. The first-order valence-electron chi connectivity index (χ1n) is 7.99. The molecule has 0 N–H and O–H groups in total. The van der Waals surface area contributed by atoms with Gasteiger partial charge >= 0.3 is 0 Å². The Hall–Kier alpha value is -0.580. The molecule has 2 unspecified atom stereocenters. The molecule has 2 atom stereocenters. The second-order valence-electron chi connectivity index (χ2n) is 6.15. The Kier molecular flexibility index (Phi) is 4.87. The van der Waals surface area contributed by atoms with Crippen LogP contribution in [0.15, 0.2) is 28.6 Å². The van der Waals surface area contributed by atoms with E-state index in [1.54, 1.807) is 0 Å². The molecule has 1 heterocycles. The largest absolute Gasteiger partial charge is 0.241 e. The zero-order valence-corrected chi connectivity index (χ0v) is 14.7. The highest BCUT2D eigenvalue weighted by molar-refractivity contribution is 7.98. The van der Waals surface area contributed by atoms with Crippen molar-refractivity contribution in [3.05, 3.63) is 24.3 Å². The maximum Gasteiger partial charge on any atom is 0.166 e. The zero-order valence-electron chi connectivity index (χ0n) is 13.1. The Morgan fingerprint density at radius 1 is 1.24 bits per heavy atom. The number of fused-ring (bicyclic) bond motifs is 1. The molecular formula is C17H24N2S2. The molecule has 2 aromatic rings. The SMILES string of the molecule is CCN(Sc1nc2ccccc2s1)C1C(C)CCCC1C. The molecule has 1 aromatic heterocycles. The molecule has 1 fully saturated rings. The van der Waals surface area contributed by atoms with E-state index in [0.717, 1.165) is 23.9 Å². The van der Waals surface area contributed by atoms with Gasteiger partial charge in [-0.2, -0.15) is 0 Å². The molecule has 1 saturated carbocycles. The van der Waals surface area contributed by atoms with Crippen LogP contribution in [0.4, 0.5) is 0 Å². The number of benzene rings is 1. The maximum atomic E-state index is 4.79. The summed E-state index contributed by atoms with van der Waals surface area (Å²) in [6.07, 6.45) is 4.13. The van der Waals surface area contributed by atoms with Crippen LogP contribution in [0.1, 0.15) is 40.0 Å². The van der Waals surface area contributed by atoms with Crippen molar-refractivity contribution in [2.24, 2.45) is 11.8 Å². The zero-order chi connectivity index (χ0) is 14.8. The van der Waals surface area contributed by atoms with Crippen molar-refractivity contribution in [3.63, 3.8) is 0 Å². The molecule has 0 amide bonds. The van der Waals surface area contributed by atoms with Crippen molar-refractivity contribution in [2.75, 3.05) is 6.54 Å². The summed E-state index contributed by atoms with van der Waals surface area (Å²) in [5.74, 6) is 1.58. The second-order valence-corrected chi connectivity index (χ2v) is 8.48. The normalized spacial score (nSPS) is 26.6. The third kappa shape index (κ3) is 3.27. The van der Waals surface area contributed by atoms with Crippen molar-refractivity contribution in [1.29, 1.82) is 0 Å². The first kappa shape index (κ1) is 15.3. The van der Waals surface area contributed by atoms with Crippen molar-refractivity contribution in [3.8, 4) is 0 Å². The van der Waals surface area contributed by atoms with Crippen LogP contribution in [0.25, 0.3) is 10.2 Å². The van der Waals surface area contributed by atoms with E-state index in [4.69, 9.17) is 4.98 Å². The molecular weight excluding hydrogens is 296 g/mol. The number of hydrogen-bond acceptors (Lipinski definition) is 4. The van der Waals surface area contributed by atoms with Crippen molar-refractivity contribution in [1.82, 2.24) is 9.29 Å². The standard InChI is InChI=1S/C17H24N2S2/c1-4-19(16-12(2)8-7-9-13(16)3)21-17-18-14-10-5-6-11-15(14)20-17/h5-6,10-13,16H,4,7-9H2,1-3H3. The quantitative estimate of drug-likeness (QED) is 0.697. The average Bonchev–Trinajstić information content (AvgIpc) is 2.88. The predicted octanol–water partition coefficient (Wildman–Crippen LogP) is 5.45. The van der Waals surface area contributed by atoms with Crippen molar-refractivity contribution >= 4 is 33.5 Å². The Labute approximate surface area is 136 Å². The molecule has 3 rings (SSSR count). The van der Waals surface area contributed by atoms with E-state index in [2.05, 4.69) is 49.3 Å². The highest BCUT2D eigenvalue weighted by Crippen LogP contribution is 2.39. The summed E-state index contributed by atoms with van der Waals surface area (Å²) in [4.78, 5) is 4.79. The lowest BCUT2D eigenvalue weighted by Crippen LogP contribution is -2.42. The maximum absolute atomic E-state index is 4.79. The van der Waals surface area contributed by atoms with Gasteiger partial charge in [0.2, 0.25) is 0 Å². The molecule has 114 valence electrons. The van der Waals surface area contributed by atoms with Crippen molar-refractivity contribution < 1.29 is 0 Å². The molecule has 0 bridgehead atoms. The number of aromatic nitrogens is 1. The van der Waals surface area contributed by atoms with Crippen LogP contribution in [0.2, 0.25) is 0 Å². The molecule has 1 aliphatic rings. The lowest BCUT2D eigenvalue weighted by Gasteiger charge is -2.41. The van der Waals surface area contributed by atoms with Crippen LogP contribution >= 0.6 is 23.3 Å². The molecule has 4 heteroatoms. The Balaban J connectivity index is 1.79. The Morgan fingerprint density at radius 3 is 2.62 bits per heavy atom. The number of thiazole rings is 1. The van der Waals surface area contributed by atoms with E-state index in [-0.39, 0.29) is 0 Å². The van der Waals surface area contributed by atoms with Crippen LogP contribution in [-0.2, 0) is 0 Å². The molecule has 0 saturated heterocycles. The number of rotatable bonds is 4. The van der Waals surface area contributed by atoms with Gasteiger partial charge in [-0.25, -0.2) is 9.29 Å². The van der Waals surface area contributed by atoms with Crippen LogP contribution in [-0.4, -0.2) is 21.9 Å². The summed E-state index contributed by atoms with van der Waals surface area (Å²) >= 11 is 3.69. The van der Waals surface area contributed by atoms with Gasteiger partial charge in [0.25, 0.3) is 0 Å². The lowest BCUT2D eigenvalue weighted by molar-refractivity contribution is 0.148. The van der Waals surface area contributed by atoms with Gasteiger partial charge in [-0.05, 0) is 48.8 Å². The minimum atomic E-state index is 0.681. The molecule has 2 nitrogen and oxygen atoms in total. The summed E-state index contributed by atoms with van der Waals surface area (Å²) in [6, 6.07) is 9.12. The van der Waals surface area contributed by atoms with Gasteiger partial charge in [-0.1, -0.05) is 39.3 Å². The van der Waals surface area contributed by atoms with E-state index >= 15 is 0 Å². The molecule has 1 aliphatic carbocycles. The monoisotopic (exact) mass is 320 g/mol. The highest BCUT2D eigenvalue weighted by atomic mass is 32.2. The summed E-state index contributed by atoms with van der Waals surface area (Å²) in [7, 11) is 0. The first-order chi connectivity index (χ1) is 10.2. The van der Waals surface area contributed by atoms with Gasteiger partial charge in [0.05, 0.1) is 10.2 Å². The first-order valence-corrected chi connectivity index (χ1v) is 9.58. The van der Waals surface area contributed by atoms with Crippen LogP contribution in [0, 0.1) is 11.8 Å². The topological polar surface area (TPSA) is 16.1 Å². The van der Waals surface area contributed by atoms with Gasteiger partial charge < -0.3 is 0 Å². The number of nitrogens with zero attached hydrogens (tertiary/aromatic N) is 2. The fraction of sp³-hybridized carbons (Fsp3) is 0.588. The van der Waals surface area contributed by atoms with E-state index in [1.807, 2.05) is 23.3 Å². The van der Waals surface area contributed by atoms with Crippen LogP contribution in [0.5, 0.6) is 0 Å². The molecule has 0 spiro atoms. The third-order valence-electron chi connectivity index (χ3n) is 4.60. The van der Waals surface area contributed by atoms with E-state index < -0.39 is 0 Å². The van der Waals surface area contributed by atoms with Crippen LogP contribution < -0.4 is 0 Å². The summed E-state index contributed by atoms with van der Waals surface area (Å²) < 4.78 is 5.05. The third-order valence-corrected chi connectivity index (χ3v) is 6.89. The van der Waals surface area contributed by atoms with E-state index in [0.29, 0.717) is 6.04 Å². The lowest BCUT2D eigenvalue weighted by atomic mass is 9.79. The minimum absolute atomic E-state index is 0.681. The highest BCUT2D eigenvalue weighted by Gasteiger charge is 2.33. The fourth-order valence-corrected chi connectivity index (χ4v) is 5.97. The molecule has 0 radical (unpaired) electrons. The minimum Gasteiger partial charge on any atom is -0.241 e.